The van der Waals surface area contributed by atoms with Gasteiger partial charge in [-0.2, -0.15) is 0 Å². The zero-order valence-electron chi connectivity index (χ0n) is 14.2. The Hall–Kier alpha value is -3.07. The lowest BCUT2D eigenvalue weighted by molar-refractivity contribution is -0.131. The molecule has 0 aliphatic carbocycles. The number of aromatic nitrogens is 1. The first kappa shape index (κ1) is 16.8. The number of benzene rings is 2. The lowest BCUT2D eigenvalue weighted by atomic mass is 9.99. The second-order valence-corrected chi connectivity index (χ2v) is 5.88. The molecular weight excluding hydrogens is 310 g/mol. The Morgan fingerprint density at radius 1 is 1.00 bits per heavy atom. The van der Waals surface area contributed by atoms with E-state index in [2.05, 4.69) is 41.8 Å². The number of aliphatic carboxylic acids is 1. The van der Waals surface area contributed by atoms with Gasteiger partial charge in [-0.05, 0) is 41.3 Å². The third-order valence-electron chi connectivity index (χ3n) is 4.29. The molecule has 3 heteroatoms. The van der Waals surface area contributed by atoms with E-state index in [1.165, 1.54) is 28.5 Å². The van der Waals surface area contributed by atoms with E-state index in [4.69, 9.17) is 5.11 Å². The van der Waals surface area contributed by atoms with E-state index in [0.29, 0.717) is 6.54 Å². The fourth-order valence-corrected chi connectivity index (χ4v) is 3.06. The highest BCUT2D eigenvalue weighted by Crippen LogP contribution is 2.25. The summed E-state index contributed by atoms with van der Waals surface area (Å²) < 4.78 is 2.18. The molecule has 2 aromatic carbocycles. The van der Waals surface area contributed by atoms with Crippen molar-refractivity contribution in [3.63, 3.8) is 0 Å². The molecule has 3 rings (SSSR count). The first-order chi connectivity index (χ1) is 12.2. The topological polar surface area (TPSA) is 42.2 Å². The number of rotatable bonds is 6. The molecule has 0 amide bonds. The second kappa shape index (κ2) is 7.67. The summed E-state index contributed by atoms with van der Waals surface area (Å²) in [6, 6.07) is 22.7. The molecule has 0 saturated heterocycles. The maximum Gasteiger partial charge on any atom is 0.328 e. The molecule has 0 saturated carbocycles. The van der Waals surface area contributed by atoms with Crippen LogP contribution in [0.1, 0.15) is 23.9 Å². The highest BCUT2D eigenvalue weighted by atomic mass is 16.4. The zero-order chi connectivity index (χ0) is 17.6. The van der Waals surface area contributed by atoms with Crippen LogP contribution in [0.5, 0.6) is 0 Å². The molecule has 126 valence electrons. The zero-order valence-corrected chi connectivity index (χ0v) is 14.2. The van der Waals surface area contributed by atoms with E-state index in [-0.39, 0.29) is 0 Å². The summed E-state index contributed by atoms with van der Waals surface area (Å²) in [6.45, 7) is 2.82. The van der Waals surface area contributed by atoms with E-state index >= 15 is 0 Å². The van der Waals surface area contributed by atoms with Crippen molar-refractivity contribution in [2.24, 2.45) is 0 Å². The van der Waals surface area contributed by atoms with Gasteiger partial charge in [0, 0.05) is 24.0 Å². The van der Waals surface area contributed by atoms with E-state index in [1.54, 1.807) is 6.08 Å². The maximum absolute atomic E-state index is 10.9. The first-order valence-corrected chi connectivity index (χ1v) is 8.41. The Kier molecular flexibility index (Phi) is 5.14. The Bertz CT molecular complexity index is 891. The third kappa shape index (κ3) is 3.89. The normalized spacial score (nSPS) is 11.1. The lowest BCUT2D eigenvalue weighted by Gasteiger charge is -2.15. The van der Waals surface area contributed by atoms with Crippen LogP contribution < -0.4 is 0 Å². The third-order valence-corrected chi connectivity index (χ3v) is 4.29. The van der Waals surface area contributed by atoms with Crippen LogP contribution in [-0.2, 0) is 17.8 Å². The van der Waals surface area contributed by atoms with Crippen molar-refractivity contribution in [3.05, 3.63) is 89.8 Å². The molecule has 0 bridgehead atoms. The van der Waals surface area contributed by atoms with Crippen LogP contribution in [0.2, 0.25) is 0 Å². The van der Waals surface area contributed by atoms with Crippen molar-refractivity contribution in [1.82, 2.24) is 4.57 Å². The SMILES string of the molecule is CCc1ccc(C=CC(=O)O)n1Cc1ccccc1-c1ccccc1. The molecule has 3 nitrogen and oxygen atoms in total. The average Bonchev–Trinajstić information content (AvgIpc) is 3.03. The predicted molar refractivity (Wildman–Crippen MR) is 101 cm³/mol. The molecule has 0 radical (unpaired) electrons. The fourth-order valence-electron chi connectivity index (χ4n) is 3.06. The lowest BCUT2D eigenvalue weighted by Crippen LogP contribution is -2.07. The van der Waals surface area contributed by atoms with Crippen LogP contribution in [-0.4, -0.2) is 15.6 Å². The summed E-state index contributed by atoms with van der Waals surface area (Å²) in [5, 5.41) is 8.92. The molecule has 0 fully saturated rings. The van der Waals surface area contributed by atoms with Crippen molar-refractivity contribution >= 4 is 12.0 Å². The molecule has 0 atom stereocenters. The first-order valence-electron chi connectivity index (χ1n) is 8.41. The molecule has 0 aliphatic rings. The standard InChI is InChI=1S/C22H21NO2/c1-2-19-12-13-20(14-15-22(24)25)23(19)16-18-10-6-7-11-21(18)17-8-4-3-5-9-17/h3-15H,2,16H2,1H3,(H,24,25). The molecule has 25 heavy (non-hydrogen) atoms. The minimum Gasteiger partial charge on any atom is -0.478 e. The van der Waals surface area contributed by atoms with Crippen LogP contribution in [0, 0.1) is 0 Å². The van der Waals surface area contributed by atoms with Gasteiger partial charge in [0.1, 0.15) is 0 Å². The minimum atomic E-state index is -0.935. The van der Waals surface area contributed by atoms with E-state index in [1.807, 2.05) is 36.4 Å². The van der Waals surface area contributed by atoms with Gasteiger partial charge in [-0.3, -0.25) is 0 Å². The van der Waals surface area contributed by atoms with E-state index in [9.17, 15) is 4.79 Å². The summed E-state index contributed by atoms with van der Waals surface area (Å²) in [6.07, 6.45) is 3.75. The van der Waals surface area contributed by atoms with Gasteiger partial charge in [0.05, 0.1) is 0 Å². The van der Waals surface area contributed by atoms with Crippen molar-refractivity contribution in [3.8, 4) is 11.1 Å². The second-order valence-electron chi connectivity index (χ2n) is 5.88. The number of carbonyl (C=O) groups is 1. The van der Waals surface area contributed by atoms with Gasteiger partial charge < -0.3 is 9.67 Å². The average molecular weight is 331 g/mol. The van der Waals surface area contributed by atoms with Gasteiger partial charge in [0.2, 0.25) is 0 Å². The van der Waals surface area contributed by atoms with Crippen LogP contribution in [0.4, 0.5) is 0 Å². The number of hydrogen-bond donors (Lipinski definition) is 1. The summed E-state index contributed by atoms with van der Waals surface area (Å²) >= 11 is 0. The number of nitrogens with zero attached hydrogens (tertiary/aromatic N) is 1. The van der Waals surface area contributed by atoms with Gasteiger partial charge in [-0.15, -0.1) is 0 Å². The molecule has 1 aromatic heterocycles. The molecule has 0 spiro atoms. The summed E-state index contributed by atoms with van der Waals surface area (Å²) in [5.74, 6) is -0.935. The van der Waals surface area contributed by atoms with Crippen molar-refractivity contribution < 1.29 is 9.90 Å². The Balaban J connectivity index is 2.01. The minimum absolute atomic E-state index is 0.709. The Morgan fingerprint density at radius 3 is 2.44 bits per heavy atom. The molecule has 1 N–H and O–H groups in total. The smallest absolute Gasteiger partial charge is 0.328 e. The Morgan fingerprint density at radius 2 is 1.72 bits per heavy atom. The van der Waals surface area contributed by atoms with E-state index < -0.39 is 5.97 Å². The number of carboxylic acid groups (broad SMARTS) is 1. The van der Waals surface area contributed by atoms with Crippen LogP contribution >= 0.6 is 0 Å². The number of carboxylic acids is 1. The quantitative estimate of drug-likeness (QED) is 0.655. The van der Waals surface area contributed by atoms with Crippen LogP contribution in [0.3, 0.4) is 0 Å². The fraction of sp³-hybridized carbons (Fsp3) is 0.136. The van der Waals surface area contributed by atoms with Crippen molar-refractivity contribution in [2.75, 3.05) is 0 Å². The summed E-state index contributed by atoms with van der Waals surface area (Å²) in [7, 11) is 0. The van der Waals surface area contributed by atoms with Crippen LogP contribution in [0.25, 0.3) is 17.2 Å². The van der Waals surface area contributed by atoms with Crippen LogP contribution in [0.15, 0.2) is 72.8 Å². The van der Waals surface area contributed by atoms with E-state index in [0.717, 1.165) is 12.1 Å². The van der Waals surface area contributed by atoms with Gasteiger partial charge in [-0.25, -0.2) is 4.79 Å². The predicted octanol–water partition coefficient (Wildman–Crippen LogP) is 4.86. The molecule has 0 aliphatic heterocycles. The van der Waals surface area contributed by atoms with Gasteiger partial charge in [0.25, 0.3) is 0 Å². The highest BCUT2D eigenvalue weighted by Gasteiger charge is 2.10. The van der Waals surface area contributed by atoms with Gasteiger partial charge in [0.15, 0.2) is 0 Å². The van der Waals surface area contributed by atoms with Gasteiger partial charge in [-0.1, -0.05) is 61.5 Å². The summed E-state index contributed by atoms with van der Waals surface area (Å²) in [5.41, 5.74) is 5.69. The Labute approximate surface area is 147 Å². The number of hydrogen-bond acceptors (Lipinski definition) is 1. The maximum atomic E-state index is 10.9. The largest absolute Gasteiger partial charge is 0.478 e. The van der Waals surface area contributed by atoms with Gasteiger partial charge >= 0.3 is 5.97 Å². The summed E-state index contributed by atoms with van der Waals surface area (Å²) in [4.78, 5) is 10.9. The monoisotopic (exact) mass is 331 g/mol. The van der Waals surface area contributed by atoms with Crippen molar-refractivity contribution in [2.45, 2.75) is 19.9 Å². The molecule has 1 heterocycles. The van der Waals surface area contributed by atoms with Crippen molar-refractivity contribution in [1.29, 1.82) is 0 Å². The molecule has 3 aromatic rings. The number of aryl methyl sites for hydroxylation is 1. The highest BCUT2D eigenvalue weighted by molar-refractivity contribution is 5.85. The molecular formula is C22H21NO2. The molecule has 0 unspecified atom stereocenters.